The molecule has 1 aromatic carbocycles. The maximum atomic E-state index is 10.8. The highest BCUT2D eigenvalue weighted by atomic mass is 16.5. The van der Waals surface area contributed by atoms with Gasteiger partial charge in [0.1, 0.15) is 0 Å². The summed E-state index contributed by atoms with van der Waals surface area (Å²) in [5, 5.41) is 18.5. The second-order valence-corrected chi connectivity index (χ2v) is 3.92. The molecule has 4 heteroatoms. The van der Waals surface area contributed by atoms with Gasteiger partial charge in [0.2, 0.25) is 0 Å². The van der Waals surface area contributed by atoms with Gasteiger partial charge in [-0.1, -0.05) is 37.3 Å². The van der Waals surface area contributed by atoms with Crippen molar-refractivity contribution in [3.8, 4) is 0 Å². The second kappa shape index (κ2) is 7.04. The first-order chi connectivity index (χ1) is 8.15. The van der Waals surface area contributed by atoms with Gasteiger partial charge in [0.05, 0.1) is 25.2 Å². The van der Waals surface area contributed by atoms with Crippen LogP contribution in [0.15, 0.2) is 30.3 Å². The fourth-order valence-corrected chi connectivity index (χ4v) is 1.60. The highest BCUT2D eigenvalue weighted by molar-refractivity contribution is 5.70. The Morgan fingerprint density at radius 3 is 2.53 bits per heavy atom. The number of aliphatic hydroxyl groups is 1. The Labute approximate surface area is 101 Å². The number of ether oxygens (including phenoxy) is 1. The van der Waals surface area contributed by atoms with Gasteiger partial charge in [-0.05, 0) is 12.0 Å². The molecule has 0 bridgehead atoms. The van der Waals surface area contributed by atoms with Crippen LogP contribution >= 0.6 is 0 Å². The number of hydrogen-bond acceptors (Lipinski definition) is 3. The van der Waals surface area contributed by atoms with Gasteiger partial charge in [0.15, 0.2) is 0 Å². The van der Waals surface area contributed by atoms with Gasteiger partial charge in [-0.25, -0.2) is 0 Å². The Kier molecular flexibility index (Phi) is 5.66. The van der Waals surface area contributed by atoms with E-state index in [2.05, 4.69) is 0 Å². The van der Waals surface area contributed by atoms with Gasteiger partial charge in [-0.15, -0.1) is 0 Å². The molecule has 2 N–H and O–H groups in total. The zero-order valence-corrected chi connectivity index (χ0v) is 9.87. The molecule has 0 saturated heterocycles. The maximum Gasteiger partial charge on any atom is 0.309 e. The van der Waals surface area contributed by atoms with Crippen molar-refractivity contribution in [2.24, 2.45) is 5.92 Å². The highest BCUT2D eigenvalue weighted by Gasteiger charge is 2.24. The van der Waals surface area contributed by atoms with Gasteiger partial charge in [-0.3, -0.25) is 4.79 Å². The highest BCUT2D eigenvalue weighted by Crippen LogP contribution is 2.10. The summed E-state index contributed by atoms with van der Waals surface area (Å²) in [6.07, 6.45) is -0.563. The number of aliphatic carboxylic acids is 1. The Morgan fingerprint density at radius 1 is 1.35 bits per heavy atom. The molecule has 0 aliphatic rings. The first-order valence-electron chi connectivity index (χ1n) is 5.67. The van der Waals surface area contributed by atoms with E-state index in [9.17, 15) is 9.90 Å². The largest absolute Gasteiger partial charge is 0.481 e. The predicted molar refractivity (Wildman–Crippen MR) is 63.5 cm³/mol. The van der Waals surface area contributed by atoms with E-state index in [4.69, 9.17) is 9.84 Å². The molecule has 0 spiro atoms. The molecular weight excluding hydrogens is 220 g/mol. The predicted octanol–water partition coefficient (Wildman–Crippen LogP) is 1.67. The average Bonchev–Trinajstić information content (AvgIpc) is 2.30. The van der Waals surface area contributed by atoms with Crippen LogP contribution in [-0.2, 0) is 16.1 Å². The molecule has 0 fully saturated rings. The molecular formula is C13H18O4. The third-order valence-electron chi connectivity index (χ3n) is 2.62. The maximum absolute atomic E-state index is 10.8. The normalized spacial score (nSPS) is 14.2. The molecule has 2 atom stereocenters. The average molecular weight is 238 g/mol. The van der Waals surface area contributed by atoms with Gasteiger partial charge in [-0.2, -0.15) is 0 Å². The Hall–Kier alpha value is -1.39. The van der Waals surface area contributed by atoms with Crippen molar-refractivity contribution in [1.82, 2.24) is 0 Å². The number of carboxylic acid groups (broad SMARTS) is 1. The summed E-state index contributed by atoms with van der Waals surface area (Å²) in [4.78, 5) is 10.8. The minimum Gasteiger partial charge on any atom is -0.481 e. The first-order valence-corrected chi connectivity index (χ1v) is 5.67. The quantitative estimate of drug-likeness (QED) is 0.758. The summed E-state index contributed by atoms with van der Waals surface area (Å²) in [5.74, 6) is -1.74. The molecule has 0 aliphatic carbocycles. The molecule has 0 amide bonds. The van der Waals surface area contributed by atoms with E-state index < -0.39 is 18.0 Å². The van der Waals surface area contributed by atoms with Crippen LogP contribution in [0.1, 0.15) is 18.9 Å². The van der Waals surface area contributed by atoms with Crippen LogP contribution in [0.3, 0.4) is 0 Å². The van der Waals surface area contributed by atoms with Crippen LogP contribution < -0.4 is 0 Å². The topological polar surface area (TPSA) is 66.8 Å². The second-order valence-electron chi connectivity index (χ2n) is 3.92. The van der Waals surface area contributed by atoms with Crippen molar-refractivity contribution >= 4 is 5.97 Å². The third kappa shape index (κ3) is 4.54. The van der Waals surface area contributed by atoms with Crippen molar-refractivity contribution < 1.29 is 19.7 Å². The van der Waals surface area contributed by atoms with E-state index >= 15 is 0 Å². The van der Waals surface area contributed by atoms with Crippen molar-refractivity contribution in [3.05, 3.63) is 35.9 Å². The lowest BCUT2D eigenvalue weighted by atomic mass is 10.0. The van der Waals surface area contributed by atoms with Crippen molar-refractivity contribution in [1.29, 1.82) is 0 Å². The molecule has 0 saturated carbocycles. The van der Waals surface area contributed by atoms with E-state index in [0.29, 0.717) is 13.0 Å². The van der Waals surface area contributed by atoms with Crippen LogP contribution in [0, 0.1) is 5.92 Å². The van der Waals surface area contributed by atoms with E-state index in [1.807, 2.05) is 30.3 Å². The van der Waals surface area contributed by atoms with E-state index in [-0.39, 0.29) is 6.61 Å². The zero-order chi connectivity index (χ0) is 12.7. The lowest BCUT2D eigenvalue weighted by Crippen LogP contribution is -2.31. The zero-order valence-electron chi connectivity index (χ0n) is 9.87. The van der Waals surface area contributed by atoms with Gasteiger partial charge in [0.25, 0.3) is 0 Å². The standard InChI is InChI=1S/C13H18O4/c1-2-11(13(15)16)12(14)9-17-8-10-6-4-3-5-7-10/h3-7,11-12,14H,2,8-9H2,1H3,(H,15,16)/t11-,12?/m0/s1. The lowest BCUT2D eigenvalue weighted by Gasteiger charge is -2.17. The van der Waals surface area contributed by atoms with Gasteiger partial charge in [0, 0.05) is 0 Å². The molecule has 1 unspecified atom stereocenters. The fourth-order valence-electron chi connectivity index (χ4n) is 1.60. The number of benzene rings is 1. The third-order valence-corrected chi connectivity index (χ3v) is 2.62. The van der Waals surface area contributed by atoms with Crippen molar-refractivity contribution in [3.63, 3.8) is 0 Å². The molecule has 1 aromatic rings. The summed E-state index contributed by atoms with van der Waals surface area (Å²) in [5.41, 5.74) is 1.00. The number of rotatable bonds is 7. The Bertz CT molecular complexity index is 337. The number of carbonyl (C=O) groups is 1. The fraction of sp³-hybridized carbons (Fsp3) is 0.462. The van der Waals surface area contributed by atoms with Gasteiger partial charge < -0.3 is 14.9 Å². The van der Waals surface area contributed by atoms with Crippen LogP contribution in [0.2, 0.25) is 0 Å². The smallest absolute Gasteiger partial charge is 0.309 e. The summed E-state index contributed by atoms with van der Waals surface area (Å²) in [7, 11) is 0. The van der Waals surface area contributed by atoms with Crippen molar-refractivity contribution in [2.75, 3.05) is 6.61 Å². The molecule has 4 nitrogen and oxygen atoms in total. The lowest BCUT2D eigenvalue weighted by molar-refractivity contribution is -0.147. The summed E-state index contributed by atoms with van der Waals surface area (Å²) >= 11 is 0. The molecule has 1 rings (SSSR count). The minimum absolute atomic E-state index is 0.0414. The molecule has 0 radical (unpaired) electrons. The summed E-state index contributed by atoms with van der Waals surface area (Å²) in [6, 6.07) is 9.56. The van der Waals surface area contributed by atoms with Gasteiger partial charge >= 0.3 is 5.97 Å². The van der Waals surface area contributed by atoms with E-state index in [1.165, 1.54) is 0 Å². The van der Waals surface area contributed by atoms with Crippen LogP contribution in [0.4, 0.5) is 0 Å². The summed E-state index contributed by atoms with van der Waals surface area (Å²) in [6.45, 7) is 2.16. The minimum atomic E-state index is -0.983. The molecule has 0 aliphatic heterocycles. The number of hydrogen-bond donors (Lipinski definition) is 2. The SMILES string of the molecule is CC[C@H](C(=O)O)C(O)COCc1ccccc1. The van der Waals surface area contributed by atoms with Crippen LogP contribution in [-0.4, -0.2) is 28.9 Å². The number of aliphatic hydroxyl groups excluding tert-OH is 1. The molecule has 94 valence electrons. The molecule has 0 heterocycles. The van der Waals surface area contributed by atoms with E-state index in [0.717, 1.165) is 5.56 Å². The molecule has 17 heavy (non-hydrogen) atoms. The number of carboxylic acids is 1. The monoisotopic (exact) mass is 238 g/mol. The summed E-state index contributed by atoms with van der Waals surface area (Å²) < 4.78 is 5.30. The Balaban J connectivity index is 2.33. The van der Waals surface area contributed by atoms with Crippen LogP contribution in [0.5, 0.6) is 0 Å². The molecule has 0 aromatic heterocycles. The first kappa shape index (κ1) is 13.7. The van der Waals surface area contributed by atoms with E-state index in [1.54, 1.807) is 6.92 Å². The van der Waals surface area contributed by atoms with Crippen molar-refractivity contribution in [2.45, 2.75) is 26.1 Å². The Morgan fingerprint density at radius 2 is 2.00 bits per heavy atom. The van der Waals surface area contributed by atoms with Crippen LogP contribution in [0.25, 0.3) is 0 Å².